The Kier molecular flexibility index (Phi) is 8.34. The molecule has 1 aliphatic heterocycles. The number of nitrogen functional groups attached to an aromatic ring is 1. The Bertz CT molecular complexity index is 879. The van der Waals surface area contributed by atoms with Crippen molar-refractivity contribution in [3.63, 3.8) is 0 Å². The van der Waals surface area contributed by atoms with E-state index in [1.54, 1.807) is 17.5 Å². The van der Waals surface area contributed by atoms with Crippen molar-refractivity contribution in [3.05, 3.63) is 28.2 Å². The Morgan fingerprint density at radius 3 is 2.72 bits per heavy atom. The van der Waals surface area contributed by atoms with Crippen molar-refractivity contribution in [1.82, 2.24) is 20.5 Å². The van der Waals surface area contributed by atoms with Gasteiger partial charge < -0.3 is 21.1 Å². The van der Waals surface area contributed by atoms with Gasteiger partial charge in [-0.25, -0.2) is 4.98 Å². The zero-order valence-corrected chi connectivity index (χ0v) is 18.7. The van der Waals surface area contributed by atoms with E-state index in [4.69, 9.17) is 16.2 Å². The van der Waals surface area contributed by atoms with E-state index in [9.17, 15) is 14.4 Å². The van der Waals surface area contributed by atoms with Gasteiger partial charge in [0.25, 0.3) is 0 Å². The Morgan fingerprint density at radius 1 is 1.31 bits per heavy atom. The van der Waals surface area contributed by atoms with Gasteiger partial charge in [0.2, 0.25) is 11.8 Å². The van der Waals surface area contributed by atoms with E-state index < -0.39 is 18.1 Å². The van der Waals surface area contributed by atoms with Crippen molar-refractivity contribution in [3.8, 4) is 0 Å². The van der Waals surface area contributed by atoms with E-state index in [1.807, 2.05) is 0 Å². The smallest absolute Gasteiger partial charge is 0.317 e. The monoisotopic (exact) mass is 462 g/mol. The fraction of sp³-hybridized carbons (Fsp3) is 0.571. The Hall–Kier alpha value is -2.79. The van der Waals surface area contributed by atoms with Crippen LogP contribution >= 0.6 is 11.3 Å². The lowest BCUT2D eigenvalue weighted by molar-refractivity contribution is -0.140. The number of amides is 2. The third-order valence-corrected chi connectivity index (χ3v) is 6.75. The first-order valence-corrected chi connectivity index (χ1v) is 11.7. The van der Waals surface area contributed by atoms with Crippen molar-refractivity contribution in [2.75, 3.05) is 13.1 Å². The number of aliphatic carboxylic acids is 1. The summed E-state index contributed by atoms with van der Waals surface area (Å²) in [4.78, 5) is 42.9. The molecule has 2 atom stereocenters. The number of carboxylic acids is 1. The molecule has 1 aromatic rings. The molecule has 1 fully saturated rings. The summed E-state index contributed by atoms with van der Waals surface area (Å²) in [5, 5.41) is 24.3. The predicted molar refractivity (Wildman–Crippen MR) is 120 cm³/mol. The first-order valence-electron chi connectivity index (χ1n) is 10.8. The van der Waals surface area contributed by atoms with E-state index in [1.165, 1.54) is 22.7 Å². The molecule has 2 heterocycles. The van der Waals surface area contributed by atoms with Gasteiger partial charge in [-0.05, 0) is 12.3 Å². The minimum absolute atomic E-state index is 0.124. The molecule has 3 rings (SSSR count). The molecule has 0 saturated heterocycles. The minimum Gasteiger partial charge on any atom is -0.480 e. The van der Waals surface area contributed by atoms with E-state index in [2.05, 4.69) is 15.6 Å². The number of amidine groups is 1. The number of rotatable bonds is 10. The van der Waals surface area contributed by atoms with E-state index in [-0.39, 0.29) is 30.7 Å². The molecule has 32 heavy (non-hydrogen) atoms. The molecule has 0 bridgehead atoms. The fourth-order valence-corrected chi connectivity index (χ4v) is 4.89. The van der Waals surface area contributed by atoms with Crippen molar-refractivity contribution in [1.29, 1.82) is 5.41 Å². The zero-order chi connectivity index (χ0) is 23.1. The molecule has 0 radical (unpaired) electrons. The molecule has 1 aliphatic carbocycles. The van der Waals surface area contributed by atoms with Crippen LogP contribution in [0.4, 0.5) is 0 Å². The summed E-state index contributed by atoms with van der Waals surface area (Å²) in [6.07, 6.45) is 9.56. The third-order valence-electron chi connectivity index (χ3n) is 5.83. The summed E-state index contributed by atoms with van der Waals surface area (Å²) >= 11 is 1.23. The molecular weight excluding hydrogens is 432 g/mol. The van der Waals surface area contributed by atoms with Crippen molar-refractivity contribution in [2.45, 2.75) is 57.2 Å². The molecule has 6 N–H and O–H groups in total. The van der Waals surface area contributed by atoms with Crippen LogP contribution in [0.5, 0.6) is 0 Å². The number of nitrogens with zero attached hydrogens (tertiary/aromatic N) is 2. The maximum absolute atomic E-state index is 13.3. The maximum atomic E-state index is 13.3. The number of thiazole rings is 1. The van der Waals surface area contributed by atoms with Gasteiger partial charge in [0.15, 0.2) is 10.8 Å². The van der Waals surface area contributed by atoms with E-state index in [0.29, 0.717) is 29.6 Å². The molecule has 1 aromatic heterocycles. The topological polar surface area (TPSA) is 162 Å². The summed E-state index contributed by atoms with van der Waals surface area (Å²) < 4.78 is 0. The fourth-order valence-electron chi connectivity index (χ4n) is 4.21. The first-order chi connectivity index (χ1) is 15.3. The molecule has 2 aliphatic rings. The van der Waals surface area contributed by atoms with Gasteiger partial charge in [-0.15, -0.1) is 11.3 Å². The highest BCUT2D eigenvalue weighted by Gasteiger charge is 2.35. The van der Waals surface area contributed by atoms with Gasteiger partial charge in [-0.1, -0.05) is 44.3 Å². The molecule has 11 heteroatoms. The Morgan fingerprint density at radius 2 is 2.06 bits per heavy atom. The number of hydrogen-bond donors (Lipinski definition) is 5. The summed E-state index contributed by atoms with van der Waals surface area (Å²) in [6, 6.07) is -1.39. The summed E-state index contributed by atoms with van der Waals surface area (Å²) in [7, 11) is 0. The number of carbonyl (C=O) groups excluding carboxylic acids is 2. The standard InChI is InChI=1S/C21H30N6O4S/c22-18(23)20-26-14(12-32-20)10-25-19(30)16-7-4-8-27(16)21(31)15(24-11-17(28)29)9-13-5-2-1-3-6-13/h4,7,12-13,15-16,24H,1-3,5-6,8-11H2,(H3,22,23)(H,25,30)(H,28,29)/t15-,16+/m1/s1. The van der Waals surface area contributed by atoms with Gasteiger partial charge >= 0.3 is 5.97 Å². The highest BCUT2D eigenvalue weighted by atomic mass is 32.1. The van der Waals surface area contributed by atoms with Gasteiger partial charge in [0, 0.05) is 11.9 Å². The number of carboxylic acid groups (broad SMARTS) is 1. The van der Waals surface area contributed by atoms with Crippen molar-refractivity contribution < 1.29 is 19.5 Å². The molecule has 174 valence electrons. The molecule has 0 aromatic carbocycles. The molecule has 10 nitrogen and oxygen atoms in total. The molecule has 1 saturated carbocycles. The van der Waals surface area contributed by atoms with Gasteiger partial charge in [0.05, 0.1) is 24.8 Å². The molecular formula is C21H30N6O4S. The zero-order valence-electron chi connectivity index (χ0n) is 17.9. The second kappa shape index (κ2) is 11.2. The van der Waals surface area contributed by atoms with Crippen LogP contribution in [-0.4, -0.2) is 63.8 Å². The summed E-state index contributed by atoms with van der Waals surface area (Å²) in [5.41, 5.74) is 6.01. The lowest BCUT2D eigenvalue weighted by atomic mass is 9.84. The molecule has 0 unspecified atom stereocenters. The van der Waals surface area contributed by atoms with Crippen LogP contribution in [0.25, 0.3) is 0 Å². The number of nitrogens with two attached hydrogens (primary N) is 1. The second-order valence-corrected chi connectivity index (χ2v) is 9.06. The Labute approximate surface area is 190 Å². The van der Waals surface area contributed by atoms with Crippen LogP contribution in [0.15, 0.2) is 17.5 Å². The number of nitrogens with one attached hydrogen (secondary N) is 3. The van der Waals surface area contributed by atoms with Crippen LogP contribution in [-0.2, 0) is 20.9 Å². The predicted octanol–water partition coefficient (Wildman–Crippen LogP) is 0.824. The van der Waals surface area contributed by atoms with Crippen molar-refractivity contribution in [2.24, 2.45) is 11.7 Å². The first kappa shape index (κ1) is 23.9. The number of hydrogen-bond acceptors (Lipinski definition) is 7. The van der Waals surface area contributed by atoms with Crippen LogP contribution in [0, 0.1) is 11.3 Å². The maximum Gasteiger partial charge on any atom is 0.317 e. The lowest BCUT2D eigenvalue weighted by Crippen LogP contribution is -2.53. The quantitative estimate of drug-likeness (QED) is 0.195. The normalized spacial score (nSPS) is 19.6. The average Bonchev–Trinajstić information content (AvgIpc) is 3.45. The highest BCUT2D eigenvalue weighted by molar-refractivity contribution is 7.11. The van der Waals surface area contributed by atoms with Gasteiger partial charge in [-0.3, -0.25) is 25.1 Å². The van der Waals surface area contributed by atoms with Gasteiger partial charge in [0.1, 0.15) is 6.04 Å². The third kappa shape index (κ3) is 6.36. The SMILES string of the molecule is N=C(N)c1nc(CNC(=O)[C@@H]2C=CCN2C(=O)[C@@H](CC2CCCCC2)NCC(=O)O)cs1. The van der Waals surface area contributed by atoms with Crippen LogP contribution < -0.4 is 16.4 Å². The van der Waals surface area contributed by atoms with E-state index >= 15 is 0 Å². The summed E-state index contributed by atoms with van der Waals surface area (Å²) in [6.45, 7) is 0.166. The molecule has 2 amide bonds. The highest BCUT2D eigenvalue weighted by Crippen LogP contribution is 2.28. The molecule has 0 spiro atoms. The second-order valence-electron chi connectivity index (χ2n) is 8.21. The minimum atomic E-state index is -1.02. The summed E-state index contributed by atoms with van der Waals surface area (Å²) in [5.74, 6) is -1.36. The van der Waals surface area contributed by atoms with Crippen LogP contribution in [0.1, 0.15) is 49.2 Å². The average molecular weight is 463 g/mol. The van der Waals surface area contributed by atoms with E-state index in [0.717, 1.165) is 25.7 Å². The Balaban J connectivity index is 1.61. The lowest BCUT2D eigenvalue weighted by Gasteiger charge is -2.31. The van der Waals surface area contributed by atoms with Crippen molar-refractivity contribution >= 4 is 35.0 Å². The van der Waals surface area contributed by atoms with Crippen LogP contribution in [0.3, 0.4) is 0 Å². The van der Waals surface area contributed by atoms with Gasteiger partial charge in [-0.2, -0.15) is 0 Å². The number of aromatic nitrogens is 1. The number of carbonyl (C=O) groups is 3. The largest absolute Gasteiger partial charge is 0.480 e. The van der Waals surface area contributed by atoms with Crippen LogP contribution in [0.2, 0.25) is 0 Å².